The van der Waals surface area contributed by atoms with E-state index in [9.17, 15) is 10.1 Å². The molecule has 1 amide bonds. The van der Waals surface area contributed by atoms with Crippen molar-refractivity contribution in [2.24, 2.45) is 0 Å². The molecule has 3 aromatic rings. The van der Waals surface area contributed by atoms with Crippen LogP contribution in [0.15, 0.2) is 66.2 Å². The number of amides is 1. The number of hydrogen-bond donors (Lipinski definition) is 1. The molecule has 0 fully saturated rings. The van der Waals surface area contributed by atoms with Gasteiger partial charge in [-0.15, -0.1) is 0 Å². The largest absolute Gasteiger partial charge is 0.487 e. The Morgan fingerprint density at radius 3 is 2.32 bits per heavy atom. The fourth-order valence-electron chi connectivity index (χ4n) is 2.66. The smallest absolute Gasteiger partial charge is 0.266 e. The van der Waals surface area contributed by atoms with Crippen molar-refractivity contribution in [3.63, 3.8) is 0 Å². The summed E-state index contributed by atoms with van der Waals surface area (Å²) in [6, 6.07) is 18.9. The van der Waals surface area contributed by atoms with Crippen LogP contribution in [0.5, 0.6) is 5.75 Å². The zero-order valence-corrected chi connectivity index (χ0v) is 18.9. The van der Waals surface area contributed by atoms with Crippen molar-refractivity contribution in [2.45, 2.75) is 6.61 Å². The molecule has 0 bridgehead atoms. The lowest BCUT2D eigenvalue weighted by Crippen LogP contribution is -2.13. The first-order valence-corrected chi connectivity index (χ1v) is 10.4. The highest BCUT2D eigenvalue weighted by Crippen LogP contribution is 2.35. The third-order valence-corrected chi connectivity index (χ3v) is 5.35. The van der Waals surface area contributed by atoms with Gasteiger partial charge in [0, 0.05) is 21.2 Å². The molecular formula is C23H14Cl4N2O2. The van der Waals surface area contributed by atoms with Crippen molar-refractivity contribution in [3.05, 3.63) is 97.5 Å². The van der Waals surface area contributed by atoms with E-state index in [2.05, 4.69) is 5.32 Å². The number of carbonyl (C=O) groups is 1. The first-order valence-electron chi connectivity index (χ1n) is 8.92. The van der Waals surface area contributed by atoms with E-state index in [0.29, 0.717) is 26.3 Å². The number of benzene rings is 3. The predicted molar refractivity (Wildman–Crippen MR) is 126 cm³/mol. The van der Waals surface area contributed by atoms with Gasteiger partial charge in [0.2, 0.25) is 0 Å². The minimum Gasteiger partial charge on any atom is -0.487 e. The number of nitrogens with zero attached hydrogens (tertiary/aromatic N) is 1. The average Bonchev–Trinajstić information content (AvgIpc) is 2.74. The van der Waals surface area contributed by atoms with Gasteiger partial charge in [-0.25, -0.2) is 0 Å². The lowest BCUT2D eigenvalue weighted by Gasteiger charge is -2.13. The summed E-state index contributed by atoms with van der Waals surface area (Å²) in [6.07, 6.45) is 1.35. The average molecular weight is 492 g/mol. The van der Waals surface area contributed by atoms with Crippen molar-refractivity contribution >= 4 is 64.1 Å². The van der Waals surface area contributed by atoms with E-state index >= 15 is 0 Å². The summed E-state index contributed by atoms with van der Waals surface area (Å²) in [5.41, 5.74) is 1.33. The zero-order chi connectivity index (χ0) is 22.4. The number of anilines is 1. The predicted octanol–water partition coefficient (Wildman–Crippen LogP) is 7.42. The highest BCUT2D eigenvalue weighted by molar-refractivity contribution is 6.36. The van der Waals surface area contributed by atoms with E-state index in [1.807, 2.05) is 24.3 Å². The van der Waals surface area contributed by atoms with Gasteiger partial charge in [0.15, 0.2) is 0 Å². The molecule has 4 nitrogen and oxygen atoms in total. The monoisotopic (exact) mass is 490 g/mol. The van der Waals surface area contributed by atoms with Gasteiger partial charge in [-0.2, -0.15) is 5.26 Å². The second-order valence-corrected chi connectivity index (χ2v) is 7.95. The van der Waals surface area contributed by atoms with Crippen molar-refractivity contribution in [1.29, 1.82) is 5.26 Å². The third-order valence-electron chi connectivity index (χ3n) is 4.15. The first kappa shape index (κ1) is 23.0. The molecule has 1 N–H and O–H groups in total. The van der Waals surface area contributed by atoms with Gasteiger partial charge in [-0.3, -0.25) is 4.79 Å². The summed E-state index contributed by atoms with van der Waals surface area (Å²) in [5.74, 6) is -0.368. The standard InChI is InChI=1S/C23H14Cl4N2O2/c24-17-10-15(9-16(12-28)23(30)29-21-8-4-3-7-19(21)26)22(20(27)11-17)31-13-14-5-1-2-6-18(14)25/h1-11H,13H2,(H,29,30)/b16-9+. The molecule has 31 heavy (non-hydrogen) atoms. The molecule has 0 aliphatic rings. The number of rotatable bonds is 6. The molecule has 0 radical (unpaired) electrons. The number of carbonyl (C=O) groups excluding carboxylic acids is 1. The summed E-state index contributed by atoms with van der Waals surface area (Å²) in [4.78, 5) is 12.6. The molecule has 3 rings (SSSR count). The lowest BCUT2D eigenvalue weighted by molar-refractivity contribution is -0.112. The van der Waals surface area contributed by atoms with Crippen LogP contribution >= 0.6 is 46.4 Å². The minimum atomic E-state index is -0.635. The molecule has 0 aliphatic carbocycles. The van der Waals surface area contributed by atoms with Gasteiger partial charge < -0.3 is 10.1 Å². The number of halogens is 4. The Bertz CT molecular complexity index is 1200. The summed E-state index contributed by atoms with van der Waals surface area (Å²) >= 11 is 24.7. The number of nitrogens with one attached hydrogen (secondary N) is 1. The quantitative estimate of drug-likeness (QED) is 0.288. The Balaban J connectivity index is 1.92. The SMILES string of the molecule is N#C/C(=C\c1cc(Cl)cc(Cl)c1OCc1ccccc1Cl)C(=O)Nc1ccccc1Cl. The van der Waals surface area contributed by atoms with Crippen LogP contribution < -0.4 is 10.1 Å². The van der Waals surface area contributed by atoms with Crippen molar-refractivity contribution in [2.75, 3.05) is 5.32 Å². The maximum Gasteiger partial charge on any atom is 0.266 e. The van der Waals surface area contributed by atoms with E-state index in [4.69, 9.17) is 51.1 Å². The first-order chi connectivity index (χ1) is 14.9. The van der Waals surface area contributed by atoms with Crippen molar-refractivity contribution in [3.8, 4) is 11.8 Å². The highest BCUT2D eigenvalue weighted by Gasteiger charge is 2.16. The Morgan fingerprint density at radius 2 is 1.65 bits per heavy atom. The van der Waals surface area contributed by atoms with Gasteiger partial charge in [0.25, 0.3) is 5.91 Å². The normalized spacial score (nSPS) is 11.0. The summed E-state index contributed by atoms with van der Waals surface area (Å²) < 4.78 is 5.87. The molecule has 156 valence electrons. The molecule has 8 heteroatoms. The van der Waals surface area contributed by atoms with Crippen molar-refractivity contribution < 1.29 is 9.53 Å². The van der Waals surface area contributed by atoms with E-state index < -0.39 is 5.91 Å². The van der Waals surface area contributed by atoms with Gasteiger partial charge >= 0.3 is 0 Å². The molecule has 0 atom stereocenters. The number of nitriles is 1. The van der Waals surface area contributed by atoms with Gasteiger partial charge in [-0.1, -0.05) is 76.7 Å². The molecule has 0 saturated carbocycles. The molecule has 0 spiro atoms. The van der Waals surface area contributed by atoms with Crippen LogP contribution in [-0.2, 0) is 11.4 Å². The molecule has 3 aromatic carbocycles. The van der Waals surface area contributed by atoms with Gasteiger partial charge in [-0.05, 0) is 36.4 Å². The maximum atomic E-state index is 12.6. The Hall–Kier alpha value is -2.68. The highest BCUT2D eigenvalue weighted by atomic mass is 35.5. The second kappa shape index (κ2) is 10.6. The second-order valence-electron chi connectivity index (χ2n) is 6.29. The van der Waals surface area contributed by atoms with E-state index in [1.54, 1.807) is 36.4 Å². The van der Waals surface area contributed by atoms with Crippen LogP contribution in [0, 0.1) is 11.3 Å². The number of ether oxygens (including phenoxy) is 1. The Morgan fingerprint density at radius 1 is 0.968 bits per heavy atom. The fraction of sp³-hybridized carbons (Fsp3) is 0.0435. The fourth-order valence-corrected chi connectivity index (χ4v) is 3.60. The molecule has 0 aromatic heterocycles. The van der Waals surface area contributed by atoms with E-state index in [0.717, 1.165) is 5.56 Å². The van der Waals surface area contributed by atoms with E-state index in [-0.39, 0.29) is 23.0 Å². The van der Waals surface area contributed by atoms with Crippen LogP contribution in [0.4, 0.5) is 5.69 Å². The summed E-state index contributed by atoms with van der Waals surface area (Å²) in [7, 11) is 0. The van der Waals surface area contributed by atoms with Crippen LogP contribution in [0.1, 0.15) is 11.1 Å². The van der Waals surface area contributed by atoms with Crippen LogP contribution in [0.2, 0.25) is 20.1 Å². The van der Waals surface area contributed by atoms with Gasteiger partial charge in [0.1, 0.15) is 24.0 Å². The number of hydrogen-bond acceptors (Lipinski definition) is 3. The molecule has 0 saturated heterocycles. The molecule has 0 heterocycles. The number of para-hydroxylation sites is 1. The lowest BCUT2D eigenvalue weighted by atomic mass is 10.1. The zero-order valence-electron chi connectivity index (χ0n) is 15.8. The minimum absolute atomic E-state index is 0.134. The van der Waals surface area contributed by atoms with Crippen LogP contribution in [0.3, 0.4) is 0 Å². The third kappa shape index (κ3) is 5.94. The Labute approximate surface area is 199 Å². The van der Waals surface area contributed by atoms with Crippen molar-refractivity contribution in [1.82, 2.24) is 0 Å². The summed E-state index contributed by atoms with van der Waals surface area (Å²) in [6.45, 7) is 0.134. The Kier molecular flexibility index (Phi) is 7.84. The molecule has 0 unspecified atom stereocenters. The van der Waals surface area contributed by atoms with E-state index in [1.165, 1.54) is 12.1 Å². The molecular weight excluding hydrogens is 478 g/mol. The molecule has 0 aliphatic heterocycles. The van der Waals surface area contributed by atoms with Gasteiger partial charge in [0.05, 0.1) is 15.7 Å². The van der Waals surface area contributed by atoms with Crippen LogP contribution in [0.25, 0.3) is 6.08 Å². The maximum absolute atomic E-state index is 12.6. The topological polar surface area (TPSA) is 62.1 Å². The van der Waals surface area contributed by atoms with Crippen LogP contribution in [-0.4, -0.2) is 5.91 Å². The summed E-state index contributed by atoms with van der Waals surface area (Å²) in [5, 5.41) is 13.6.